The van der Waals surface area contributed by atoms with Crippen LogP contribution in [0.1, 0.15) is 75.4 Å². The van der Waals surface area contributed by atoms with Crippen LogP contribution < -0.4 is 0 Å². The Kier molecular flexibility index (Phi) is 5.95. The number of piperidine rings is 2. The largest absolute Gasteiger partial charge is 0.343 e. The summed E-state index contributed by atoms with van der Waals surface area (Å²) >= 11 is 0. The van der Waals surface area contributed by atoms with Gasteiger partial charge in [-0.05, 0) is 68.4 Å². The summed E-state index contributed by atoms with van der Waals surface area (Å²) in [7, 11) is 0. The number of aromatic nitrogens is 4. The molecule has 0 bridgehead atoms. The van der Waals surface area contributed by atoms with E-state index in [9.17, 15) is 4.79 Å². The predicted octanol–water partition coefficient (Wildman–Crippen LogP) is 4.03. The summed E-state index contributed by atoms with van der Waals surface area (Å²) in [4.78, 5) is 20.9. The molecule has 4 heterocycles. The Labute approximate surface area is 194 Å². The van der Waals surface area contributed by atoms with Gasteiger partial charge >= 0.3 is 0 Å². The van der Waals surface area contributed by atoms with E-state index < -0.39 is 0 Å². The average Bonchev–Trinajstić information content (AvgIpc) is 3.45. The Balaban J connectivity index is 1.28. The van der Waals surface area contributed by atoms with Crippen LogP contribution in [-0.2, 0) is 4.79 Å². The number of rotatable bonds is 4. The number of nitrogens with zero attached hydrogens (tertiary/aromatic N) is 6. The van der Waals surface area contributed by atoms with Crippen molar-refractivity contribution in [1.29, 1.82) is 0 Å². The molecule has 2 aromatic heterocycles. The van der Waals surface area contributed by atoms with E-state index in [0.717, 1.165) is 69.0 Å². The summed E-state index contributed by atoms with van der Waals surface area (Å²) in [6.07, 6.45) is 4.17. The number of carbonyl (C=O) groups is 1. The van der Waals surface area contributed by atoms with Crippen molar-refractivity contribution in [2.75, 3.05) is 26.2 Å². The lowest BCUT2D eigenvalue weighted by atomic mass is 9.93. The van der Waals surface area contributed by atoms with Crippen molar-refractivity contribution in [3.05, 3.63) is 35.3 Å². The number of benzene rings is 1. The van der Waals surface area contributed by atoms with Crippen molar-refractivity contribution in [1.82, 2.24) is 29.7 Å². The maximum atomic E-state index is 11.6. The van der Waals surface area contributed by atoms with Crippen LogP contribution in [0.15, 0.2) is 22.7 Å². The fourth-order valence-electron chi connectivity index (χ4n) is 5.47. The quantitative estimate of drug-likeness (QED) is 0.597. The van der Waals surface area contributed by atoms with E-state index in [1.165, 1.54) is 10.9 Å². The highest BCUT2D eigenvalue weighted by atomic mass is 16.5. The van der Waals surface area contributed by atoms with Crippen LogP contribution in [0.3, 0.4) is 0 Å². The summed E-state index contributed by atoms with van der Waals surface area (Å²) in [5, 5.41) is 10.4. The van der Waals surface area contributed by atoms with Crippen molar-refractivity contribution in [3.8, 4) is 5.95 Å². The molecule has 2 aliphatic rings. The van der Waals surface area contributed by atoms with E-state index in [4.69, 9.17) is 14.6 Å². The average molecular weight is 451 g/mol. The molecule has 0 N–H and O–H groups in total. The van der Waals surface area contributed by atoms with Gasteiger partial charge in [0.15, 0.2) is 0 Å². The molecular weight excluding hydrogens is 416 g/mol. The Morgan fingerprint density at radius 1 is 1.09 bits per heavy atom. The summed E-state index contributed by atoms with van der Waals surface area (Å²) < 4.78 is 7.58. The zero-order valence-electron chi connectivity index (χ0n) is 20.1. The van der Waals surface area contributed by atoms with Crippen LogP contribution in [0, 0.1) is 6.92 Å². The molecule has 8 heteroatoms. The Morgan fingerprint density at radius 3 is 2.48 bits per heavy atom. The fraction of sp³-hybridized carbons (Fsp3) is 0.600. The van der Waals surface area contributed by atoms with Crippen LogP contribution >= 0.6 is 0 Å². The molecule has 0 aliphatic carbocycles. The standard InChI is InChI=1S/C25H34N6O2/c1-16(2)23-22-17(3)6-5-7-21(22)31(27-23)25-26-24(33-28-25)19-8-12-30(13-9-19)20-10-14-29(15-11-20)18(4)32/h5-7,16,19-20H,8-15H2,1-4H3. The third-order valence-corrected chi connectivity index (χ3v) is 7.42. The summed E-state index contributed by atoms with van der Waals surface area (Å²) in [6.45, 7) is 11.9. The molecule has 0 unspecified atom stereocenters. The molecule has 33 heavy (non-hydrogen) atoms. The topological polar surface area (TPSA) is 80.3 Å². The third kappa shape index (κ3) is 4.16. The van der Waals surface area contributed by atoms with Gasteiger partial charge in [-0.25, -0.2) is 0 Å². The molecule has 0 spiro atoms. The molecule has 8 nitrogen and oxygen atoms in total. The number of amides is 1. The van der Waals surface area contributed by atoms with E-state index in [2.05, 4.69) is 49.0 Å². The number of aryl methyl sites for hydroxylation is 1. The van der Waals surface area contributed by atoms with Gasteiger partial charge in [0, 0.05) is 37.4 Å². The molecule has 0 saturated carbocycles. The van der Waals surface area contributed by atoms with Gasteiger partial charge < -0.3 is 14.3 Å². The highest BCUT2D eigenvalue weighted by Crippen LogP contribution is 2.32. The van der Waals surface area contributed by atoms with Gasteiger partial charge in [0.05, 0.1) is 11.2 Å². The predicted molar refractivity (Wildman–Crippen MR) is 127 cm³/mol. The lowest BCUT2D eigenvalue weighted by molar-refractivity contribution is -0.130. The van der Waals surface area contributed by atoms with E-state index in [0.29, 0.717) is 17.9 Å². The second-order valence-corrected chi connectivity index (χ2v) is 9.90. The van der Waals surface area contributed by atoms with Gasteiger partial charge in [-0.2, -0.15) is 14.8 Å². The molecule has 2 fully saturated rings. The molecule has 1 amide bonds. The van der Waals surface area contributed by atoms with Crippen LogP contribution in [-0.4, -0.2) is 67.8 Å². The van der Waals surface area contributed by atoms with Crippen molar-refractivity contribution in [3.63, 3.8) is 0 Å². The third-order valence-electron chi connectivity index (χ3n) is 7.42. The molecule has 0 radical (unpaired) electrons. The number of fused-ring (bicyclic) bond motifs is 1. The zero-order chi connectivity index (χ0) is 23.1. The minimum Gasteiger partial charge on any atom is -0.343 e. The van der Waals surface area contributed by atoms with Crippen molar-refractivity contribution >= 4 is 16.8 Å². The number of likely N-dealkylation sites (tertiary alicyclic amines) is 2. The smallest absolute Gasteiger partial charge is 0.291 e. The van der Waals surface area contributed by atoms with E-state index in [1.807, 2.05) is 9.58 Å². The first kappa shape index (κ1) is 22.1. The minimum atomic E-state index is 0.194. The fourth-order valence-corrected chi connectivity index (χ4v) is 5.47. The summed E-state index contributed by atoms with van der Waals surface area (Å²) in [5.74, 6) is 2.03. The molecule has 2 saturated heterocycles. The Morgan fingerprint density at radius 2 is 1.82 bits per heavy atom. The maximum absolute atomic E-state index is 11.6. The molecule has 3 aromatic rings. The van der Waals surface area contributed by atoms with Gasteiger partial charge in [0.1, 0.15) is 0 Å². The SMILES string of the molecule is CC(=O)N1CCC(N2CCC(c3nc(-n4nc(C(C)C)c5c(C)cccc54)no3)CC2)CC1. The molecular formula is C25H34N6O2. The van der Waals surface area contributed by atoms with Crippen molar-refractivity contribution in [2.24, 2.45) is 0 Å². The lowest BCUT2D eigenvalue weighted by Crippen LogP contribution is -2.48. The zero-order valence-corrected chi connectivity index (χ0v) is 20.1. The van der Waals surface area contributed by atoms with E-state index in [-0.39, 0.29) is 11.8 Å². The first-order valence-corrected chi connectivity index (χ1v) is 12.2. The van der Waals surface area contributed by atoms with E-state index in [1.54, 1.807) is 6.92 Å². The van der Waals surface area contributed by atoms with Crippen molar-refractivity contribution in [2.45, 2.75) is 71.3 Å². The van der Waals surface area contributed by atoms with Crippen LogP contribution in [0.4, 0.5) is 0 Å². The molecule has 176 valence electrons. The molecule has 1 aromatic carbocycles. The monoisotopic (exact) mass is 450 g/mol. The summed E-state index contributed by atoms with van der Waals surface area (Å²) in [5.41, 5.74) is 3.31. The first-order valence-electron chi connectivity index (χ1n) is 12.2. The maximum Gasteiger partial charge on any atom is 0.291 e. The first-order chi connectivity index (χ1) is 15.9. The Hall–Kier alpha value is -2.74. The highest BCUT2D eigenvalue weighted by Gasteiger charge is 2.31. The van der Waals surface area contributed by atoms with Gasteiger partial charge in [-0.3, -0.25) is 4.79 Å². The number of carbonyl (C=O) groups excluding carboxylic acids is 1. The van der Waals surface area contributed by atoms with Crippen LogP contribution in [0.2, 0.25) is 0 Å². The molecule has 5 rings (SSSR count). The normalized spacial score (nSPS) is 19.1. The van der Waals surface area contributed by atoms with Gasteiger partial charge in [0.2, 0.25) is 11.8 Å². The van der Waals surface area contributed by atoms with Crippen LogP contribution in [0.5, 0.6) is 0 Å². The lowest BCUT2D eigenvalue weighted by Gasteiger charge is -2.41. The summed E-state index contributed by atoms with van der Waals surface area (Å²) in [6, 6.07) is 6.83. The second-order valence-electron chi connectivity index (χ2n) is 9.90. The van der Waals surface area contributed by atoms with Crippen molar-refractivity contribution < 1.29 is 9.32 Å². The Bertz CT molecular complexity index is 1130. The second kappa shape index (κ2) is 8.89. The minimum absolute atomic E-state index is 0.194. The molecule has 0 atom stereocenters. The van der Waals surface area contributed by atoms with Gasteiger partial charge in [-0.15, -0.1) is 0 Å². The number of hydrogen-bond donors (Lipinski definition) is 0. The van der Waals surface area contributed by atoms with E-state index >= 15 is 0 Å². The molecule has 2 aliphatic heterocycles. The highest BCUT2D eigenvalue weighted by molar-refractivity contribution is 5.86. The van der Waals surface area contributed by atoms with Gasteiger partial charge in [-0.1, -0.05) is 26.0 Å². The number of hydrogen-bond acceptors (Lipinski definition) is 6. The van der Waals surface area contributed by atoms with Gasteiger partial charge in [0.25, 0.3) is 5.95 Å². The van der Waals surface area contributed by atoms with Crippen LogP contribution in [0.25, 0.3) is 16.9 Å².